The number of rotatable bonds is 6. The molecule has 18 heavy (non-hydrogen) atoms. The van der Waals surface area contributed by atoms with Crippen LogP contribution in [0, 0.1) is 0 Å². The summed E-state index contributed by atoms with van der Waals surface area (Å²) in [6, 6.07) is 1.38. The molecule has 0 radical (unpaired) electrons. The predicted octanol–water partition coefficient (Wildman–Crippen LogP) is 4.81. The maximum atomic E-state index is 11.1. The summed E-state index contributed by atoms with van der Waals surface area (Å²) in [7, 11) is 0. The Morgan fingerprint density at radius 3 is 2.72 bits per heavy atom. The Balaban J connectivity index is 2.88. The van der Waals surface area contributed by atoms with Crippen molar-refractivity contribution in [2.75, 3.05) is 0 Å². The van der Waals surface area contributed by atoms with E-state index in [1.165, 1.54) is 6.92 Å². The summed E-state index contributed by atoms with van der Waals surface area (Å²) in [4.78, 5) is 11.1. The summed E-state index contributed by atoms with van der Waals surface area (Å²) in [5.41, 5.74) is 0. The fourth-order valence-corrected chi connectivity index (χ4v) is 2.73. The highest BCUT2D eigenvalue weighted by Crippen LogP contribution is 2.33. The van der Waals surface area contributed by atoms with E-state index in [2.05, 4.69) is 54.4 Å². The van der Waals surface area contributed by atoms with Crippen LogP contribution in [0.2, 0.25) is 0 Å². The first kappa shape index (κ1) is 16.3. The van der Waals surface area contributed by atoms with Gasteiger partial charge in [0.1, 0.15) is 11.5 Å². The molecule has 0 amide bonds. The van der Waals surface area contributed by atoms with E-state index in [1.807, 2.05) is 6.07 Å². The third kappa shape index (κ3) is 4.74. The van der Waals surface area contributed by atoms with E-state index < -0.39 is 6.00 Å². The normalized spacial score (nSPS) is 12.3. The van der Waals surface area contributed by atoms with Crippen LogP contribution >= 0.6 is 47.4 Å². The molecule has 0 N–H and O–H groups in total. The first-order valence-electron chi connectivity index (χ1n) is 5.69. The largest absolute Gasteiger partial charge is 0.462 e. The Kier molecular flexibility index (Phi) is 7.02. The van der Waals surface area contributed by atoms with Gasteiger partial charge in [-0.1, -0.05) is 13.3 Å². The number of furan rings is 1. The highest BCUT2D eigenvalue weighted by Gasteiger charge is 2.29. The zero-order valence-electron chi connectivity index (χ0n) is 10.2. The Hall–Kier alpha value is 0.255. The SMILES string of the molecule is CCCCc1oc([C@@H](OC(C)=O)B(Br)Br)cc1Br. The number of hydrogen-bond donors (Lipinski definition) is 0. The highest BCUT2D eigenvalue weighted by molar-refractivity contribution is 9.49. The first-order chi connectivity index (χ1) is 8.45. The first-order valence-corrected chi connectivity index (χ1v) is 8.31. The Morgan fingerprint density at radius 2 is 2.22 bits per heavy atom. The van der Waals surface area contributed by atoms with Crippen molar-refractivity contribution in [2.45, 2.75) is 39.1 Å². The van der Waals surface area contributed by atoms with Crippen LogP contribution in [0.25, 0.3) is 0 Å². The summed E-state index contributed by atoms with van der Waals surface area (Å²) < 4.78 is 11.7. The van der Waals surface area contributed by atoms with Crippen LogP contribution < -0.4 is 0 Å². The average molecular weight is 445 g/mol. The summed E-state index contributed by atoms with van der Waals surface area (Å²) in [5.74, 6) is 1.18. The van der Waals surface area contributed by atoms with Gasteiger partial charge in [0.15, 0.2) is 6.00 Å². The minimum atomic E-state index is -0.478. The number of unbranched alkanes of at least 4 members (excludes halogenated alkanes) is 1. The number of carbonyl (C=O) groups is 1. The fourth-order valence-electron chi connectivity index (χ4n) is 1.49. The van der Waals surface area contributed by atoms with E-state index in [9.17, 15) is 4.79 Å². The number of halogens is 3. The lowest BCUT2D eigenvalue weighted by molar-refractivity contribution is -0.143. The van der Waals surface area contributed by atoms with Gasteiger partial charge in [0, 0.05) is 13.3 Å². The second kappa shape index (κ2) is 7.75. The summed E-state index contributed by atoms with van der Waals surface area (Å²) in [6.45, 7) is 3.51. The third-order valence-corrected chi connectivity index (χ3v) is 3.97. The molecule has 1 heterocycles. The molecule has 0 saturated carbocycles. The van der Waals surface area contributed by atoms with Crippen molar-refractivity contribution in [2.24, 2.45) is 0 Å². The van der Waals surface area contributed by atoms with Crippen molar-refractivity contribution in [1.82, 2.24) is 0 Å². The second-order valence-corrected chi connectivity index (χ2v) is 7.94. The van der Waals surface area contributed by atoms with Crippen LogP contribution in [0.15, 0.2) is 15.0 Å². The Morgan fingerprint density at radius 1 is 1.56 bits per heavy atom. The third-order valence-electron chi connectivity index (χ3n) is 2.34. The van der Waals surface area contributed by atoms with Gasteiger partial charge in [-0.05, 0) is 28.4 Å². The lowest BCUT2D eigenvalue weighted by Gasteiger charge is -2.13. The minimum Gasteiger partial charge on any atom is -0.462 e. The molecule has 3 nitrogen and oxygen atoms in total. The maximum Gasteiger partial charge on any atom is 0.351 e. The van der Waals surface area contributed by atoms with Crippen LogP contribution in [0.4, 0.5) is 0 Å². The fraction of sp³-hybridized carbons (Fsp3) is 0.545. The van der Waals surface area contributed by atoms with E-state index in [1.54, 1.807) is 0 Å². The van der Waals surface area contributed by atoms with E-state index in [4.69, 9.17) is 9.15 Å². The molecule has 1 atom stereocenters. The molecular weight excluding hydrogens is 431 g/mol. The van der Waals surface area contributed by atoms with Crippen molar-refractivity contribution in [3.8, 4) is 0 Å². The summed E-state index contributed by atoms with van der Waals surface area (Å²) in [5, 5.41) is 0. The molecule has 100 valence electrons. The van der Waals surface area contributed by atoms with Crippen LogP contribution in [0.3, 0.4) is 0 Å². The summed E-state index contributed by atoms with van der Waals surface area (Å²) >= 11 is 10.2. The standard InChI is InChI=1S/C11H14BBr3O3/c1-3-4-5-9-8(13)6-10(18-9)11(12(14)15)17-7(2)16/h6,11H,3-5H2,1-2H3/t11-/m1/s1. The minimum absolute atomic E-state index is 0.189. The molecule has 1 rings (SSSR count). The molecule has 0 aliphatic rings. The van der Waals surface area contributed by atoms with Gasteiger partial charge < -0.3 is 9.15 Å². The molecule has 7 heteroatoms. The van der Waals surface area contributed by atoms with Gasteiger partial charge in [-0.15, -0.1) is 31.5 Å². The summed E-state index contributed by atoms with van der Waals surface area (Å²) in [6.07, 6.45) is 3.05. The number of carbonyl (C=O) groups excluding carboxylic acids is 1. The quantitative estimate of drug-likeness (QED) is 0.467. The topological polar surface area (TPSA) is 39.4 Å². The van der Waals surface area contributed by atoms with Crippen molar-refractivity contribution in [1.29, 1.82) is 0 Å². The van der Waals surface area contributed by atoms with E-state index in [0.717, 1.165) is 29.5 Å². The molecule has 0 aliphatic heterocycles. The van der Waals surface area contributed by atoms with Crippen molar-refractivity contribution in [3.63, 3.8) is 0 Å². The molecule has 0 aliphatic carbocycles. The molecular formula is C11H14BBr3O3. The monoisotopic (exact) mass is 442 g/mol. The molecule has 0 fully saturated rings. The second-order valence-electron chi connectivity index (χ2n) is 3.89. The van der Waals surface area contributed by atoms with Crippen LogP contribution in [0.1, 0.15) is 44.2 Å². The maximum absolute atomic E-state index is 11.1. The highest BCUT2D eigenvalue weighted by atomic mass is 79.9. The van der Waals surface area contributed by atoms with Gasteiger partial charge >= 0.3 is 10.3 Å². The number of hydrogen-bond acceptors (Lipinski definition) is 3. The van der Waals surface area contributed by atoms with E-state index in [-0.39, 0.29) is 10.3 Å². The Bertz CT molecular complexity index is 406. The lowest BCUT2D eigenvalue weighted by Crippen LogP contribution is -2.16. The Labute approximate surface area is 132 Å². The molecule has 0 unspecified atom stereocenters. The number of aryl methyl sites for hydroxylation is 1. The molecule has 1 aromatic heterocycles. The smallest absolute Gasteiger partial charge is 0.351 e. The van der Waals surface area contributed by atoms with Crippen LogP contribution in [-0.2, 0) is 16.0 Å². The van der Waals surface area contributed by atoms with Gasteiger partial charge in [-0.3, -0.25) is 4.79 Å². The van der Waals surface area contributed by atoms with Crippen molar-refractivity contribution < 1.29 is 13.9 Å². The van der Waals surface area contributed by atoms with Gasteiger partial charge in [-0.25, -0.2) is 0 Å². The van der Waals surface area contributed by atoms with E-state index >= 15 is 0 Å². The van der Waals surface area contributed by atoms with Gasteiger partial charge in [0.25, 0.3) is 0 Å². The number of ether oxygens (including phenoxy) is 1. The van der Waals surface area contributed by atoms with Crippen molar-refractivity contribution >= 4 is 57.8 Å². The molecule has 0 aromatic carbocycles. The van der Waals surface area contributed by atoms with E-state index in [0.29, 0.717) is 5.76 Å². The van der Waals surface area contributed by atoms with Crippen LogP contribution in [-0.4, -0.2) is 10.3 Å². The van der Waals surface area contributed by atoms with Gasteiger partial charge in [0.2, 0.25) is 0 Å². The zero-order chi connectivity index (χ0) is 13.7. The zero-order valence-corrected chi connectivity index (χ0v) is 15.0. The molecule has 0 spiro atoms. The molecule has 0 saturated heterocycles. The molecule has 0 bridgehead atoms. The van der Waals surface area contributed by atoms with Crippen LogP contribution in [0.5, 0.6) is 0 Å². The van der Waals surface area contributed by atoms with Gasteiger partial charge in [0.05, 0.1) is 4.47 Å². The van der Waals surface area contributed by atoms with Crippen molar-refractivity contribution in [3.05, 3.63) is 22.1 Å². The molecule has 1 aromatic rings. The average Bonchev–Trinajstić information content (AvgIpc) is 2.64. The predicted molar refractivity (Wildman–Crippen MR) is 83.1 cm³/mol. The lowest BCUT2D eigenvalue weighted by atomic mass is 9.96. The van der Waals surface area contributed by atoms with Gasteiger partial charge in [-0.2, -0.15) is 0 Å². The number of esters is 1.